The lowest BCUT2D eigenvalue weighted by Crippen LogP contribution is -1.98. The normalized spacial score (nSPS) is 14.0. The zero-order valence-electron chi connectivity index (χ0n) is 8.08. The molecule has 1 N–H and O–H groups in total. The standard InChI is InChI=1S/C10H18O2/c1-8(2)7-9(3)5-4-6-10(11)12/h4,6,8-9H,5,7H2,1-3H3,(H,11,12). The van der Waals surface area contributed by atoms with Crippen molar-refractivity contribution < 1.29 is 9.90 Å². The van der Waals surface area contributed by atoms with Crippen LogP contribution in [0.4, 0.5) is 0 Å². The third kappa shape index (κ3) is 7.32. The molecule has 0 radical (unpaired) electrons. The number of carboxylic acid groups (broad SMARTS) is 1. The van der Waals surface area contributed by atoms with Gasteiger partial charge in [0.25, 0.3) is 0 Å². The predicted molar refractivity (Wildman–Crippen MR) is 50.0 cm³/mol. The Morgan fingerprint density at radius 2 is 2.00 bits per heavy atom. The van der Waals surface area contributed by atoms with Gasteiger partial charge in [0.2, 0.25) is 0 Å². The Morgan fingerprint density at radius 3 is 2.42 bits per heavy atom. The van der Waals surface area contributed by atoms with Crippen LogP contribution in [0, 0.1) is 11.8 Å². The molecule has 0 saturated heterocycles. The molecule has 12 heavy (non-hydrogen) atoms. The third-order valence-electron chi connectivity index (χ3n) is 1.67. The lowest BCUT2D eigenvalue weighted by atomic mass is 9.96. The summed E-state index contributed by atoms with van der Waals surface area (Å²) in [5.41, 5.74) is 0. The van der Waals surface area contributed by atoms with Gasteiger partial charge in [0.1, 0.15) is 0 Å². The van der Waals surface area contributed by atoms with Crippen LogP contribution in [0.5, 0.6) is 0 Å². The van der Waals surface area contributed by atoms with Gasteiger partial charge in [0.05, 0.1) is 0 Å². The smallest absolute Gasteiger partial charge is 0.327 e. The van der Waals surface area contributed by atoms with E-state index in [1.807, 2.05) is 0 Å². The zero-order valence-corrected chi connectivity index (χ0v) is 8.08. The van der Waals surface area contributed by atoms with Gasteiger partial charge in [-0.1, -0.05) is 26.8 Å². The van der Waals surface area contributed by atoms with Gasteiger partial charge < -0.3 is 5.11 Å². The maximum atomic E-state index is 10.1. The fraction of sp³-hybridized carbons (Fsp3) is 0.700. The van der Waals surface area contributed by atoms with Gasteiger partial charge >= 0.3 is 5.97 Å². The van der Waals surface area contributed by atoms with Crippen LogP contribution in [0.2, 0.25) is 0 Å². The Kier molecular flexibility index (Phi) is 5.43. The second kappa shape index (κ2) is 5.81. The highest BCUT2D eigenvalue weighted by atomic mass is 16.4. The Morgan fingerprint density at radius 1 is 1.42 bits per heavy atom. The third-order valence-corrected chi connectivity index (χ3v) is 1.67. The Bertz CT molecular complexity index is 159. The Labute approximate surface area is 74.3 Å². The summed E-state index contributed by atoms with van der Waals surface area (Å²) in [6, 6.07) is 0. The van der Waals surface area contributed by atoms with Crippen molar-refractivity contribution in [2.45, 2.75) is 33.6 Å². The van der Waals surface area contributed by atoms with E-state index in [1.54, 1.807) is 6.08 Å². The van der Waals surface area contributed by atoms with E-state index in [9.17, 15) is 4.79 Å². The van der Waals surface area contributed by atoms with Crippen molar-refractivity contribution >= 4 is 5.97 Å². The van der Waals surface area contributed by atoms with Gasteiger partial charge in [-0.3, -0.25) is 0 Å². The summed E-state index contributed by atoms with van der Waals surface area (Å²) in [4.78, 5) is 10.1. The summed E-state index contributed by atoms with van der Waals surface area (Å²) in [6.45, 7) is 6.50. The van der Waals surface area contributed by atoms with Crippen LogP contribution in [0.1, 0.15) is 33.6 Å². The lowest BCUT2D eigenvalue weighted by Gasteiger charge is -2.10. The van der Waals surface area contributed by atoms with Gasteiger partial charge in [0.15, 0.2) is 0 Å². The molecule has 0 amide bonds. The fourth-order valence-electron chi connectivity index (χ4n) is 1.30. The average Bonchev–Trinajstić information content (AvgIpc) is 1.84. The second-order valence-electron chi connectivity index (χ2n) is 3.71. The molecule has 0 aromatic rings. The molecule has 2 heteroatoms. The molecule has 1 atom stereocenters. The summed E-state index contributed by atoms with van der Waals surface area (Å²) in [5, 5.41) is 8.32. The Hall–Kier alpha value is -0.790. The number of carboxylic acids is 1. The predicted octanol–water partition coefficient (Wildman–Crippen LogP) is 2.70. The zero-order chi connectivity index (χ0) is 9.56. The minimum atomic E-state index is -0.855. The van der Waals surface area contributed by atoms with Crippen molar-refractivity contribution in [2.75, 3.05) is 0 Å². The minimum Gasteiger partial charge on any atom is -0.478 e. The molecule has 0 aliphatic rings. The first kappa shape index (κ1) is 11.2. The molecule has 70 valence electrons. The number of carbonyl (C=O) groups is 1. The van der Waals surface area contributed by atoms with Gasteiger partial charge in [-0.25, -0.2) is 4.79 Å². The molecule has 0 aliphatic heterocycles. The van der Waals surface area contributed by atoms with E-state index in [0.29, 0.717) is 11.8 Å². The van der Waals surface area contributed by atoms with Gasteiger partial charge in [-0.15, -0.1) is 0 Å². The number of hydrogen-bond acceptors (Lipinski definition) is 1. The van der Waals surface area contributed by atoms with Gasteiger partial charge in [-0.05, 0) is 24.7 Å². The molecule has 0 bridgehead atoms. The van der Waals surface area contributed by atoms with Crippen molar-refractivity contribution in [3.8, 4) is 0 Å². The highest BCUT2D eigenvalue weighted by Gasteiger charge is 2.02. The van der Waals surface area contributed by atoms with Crippen molar-refractivity contribution in [2.24, 2.45) is 11.8 Å². The second-order valence-corrected chi connectivity index (χ2v) is 3.71. The minimum absolute atomic E-state index is 0.584. The summed E-state index contributed by atoms with van der Waals surface area (Å²) < 4.78 is 0. The molecule has 0 spiro atoms. The summed E-state index contributed by atoms with van der Waals surface area (Å²) in [7, 11) is 0. The molecule has 1 unspecified atom stereocenters. The summed E-state index contributed by atoms with van der Waals surface area (Å²) in [6.07, 6.45) is 4.97. The molecule has 0 heterocycles. The molecule has 2 nitrogen and oxygen atoms in total. The van der Waals surface area contributed by atoms with Crippen molar-refractivity contribution in [1.82, 2.24) is 0 Å². The van der Waals surface area contributed by atoms with Crippen molar-refractivity contribution in [3.63, 3.8) is 0 Å². The number of aliphatic carboxylic acids is 1. The first-order chi connectivity index (χ1) is 5.52. The van der Waals surface area contributed by atoms with Crippen molar-refractivity contribution in [1.29, 1.82) is 0 Å². The van der Waals surface area contributed by atoms with Gasteiger partial charge in [-0.2, -0.15) is 0 Å². The largest absolute Gasteiger partial charge is 0.478 e. The van der Waals surface area contributed by atoms with Crippen LogP contribution < -0.4 is 0 Å². The SMILES string of the molecule is CC(C)CC(C)CC=CC(=O)O. The van der Waals surface area contributed by atoms with E-state index in [1.165, 1.54) is 6.08 Å². The number of rotatable bonds is 5. The molecular formula is C10H18O2. The lowest BCUT2D eigenvalue weighted by molar-refractivity contribution is -0.131. The molecule has 0 saturated carbocycles. The Balaban J connectivity index is 3.56. The quantitative estimate of drug-likeness (QED) is 0.644. The van der Waals surface area contributed by atoms with Gasteiger partial charge in [0, 0.05) is 6.08 Å². The summed E-state index contributed by atoms with van der Waals surface area (Å²) in [5.74, 6) is 0.422. The van der Waals surface area contributed by atoms with E-state index < -0.39 is 5.97 Å². The molecule has 0 aromatic carbocycles. The topological polar surface area (TPSA) is 37.3 Å². The van der Waals surface area contributed by atoms with Crippen LogP contribution in [0.3, 0.4) is 0 Å². The van der Waals surface area contributed by atoms with E-state index in [4.69, 9.17) is 5.11 Å². The van der Waals surface area contributed by atoms with Crippen LogP contribution in [0.25, 0.3) is 0 Å². The van der Waals surface area contributed by atoms with Crippen LogP contribution >= 0.6 is 0 Å². The summed E-state index contributed by atoms with van der Waals surface area (Å²) >= 11 is 0. The molecular weight excluding hydrogens is 152 g/mol. The first-order valence-corrected chi connectivity index (χ1v) is 4.41. The molecule has 0 aliphatic carbocycles. The van der Waals surface area contributed by atoms with E-state index >= 15 is 0 Å². The average molecular weight is 170 g/mol. The van der Waals surface area contributed by atoms with E-state index in [0.717, 1.165) is 12.8 Å². The highest BCUT2D eigenvalue weighted by Crippen LogP contribution is 2.14. The molecule has 0 fully saturated rings. The molecule has 0 rings (SSSR count). The number of hydrogen-bond donors (Lipinski definition) is 1. The number of allylic oxidation sites excluding steroid dienone is 1. The van der Waals surface area contributed by atoms with Crippen LogP contribution in [-0.4, -0.2) is 11.1 Å². The van der Waals surface area contributed by atoms with E-state index in [-0.39, 0.29) is 0 Å². The van der Waals surface area contributed by atoms with Crippen LogP contribution in [-0.2, 0) is 4.79 Å². The first-order valence-electron chi connectivity index (χ1n) is 4.41. The van der Waals surface area contributed by atoms with Crippen molar-refractivity contribution in [3.05, 3.63) is 12.2 Å². The monoisotopic (exact) mass is 170 g/mol. The van der Waals surface area contributed by atoms with E-state index in [2.05, 4.69) is 20.8 Å². The molecule has 0 aromatic heterocycles. The van der Waals surface area contributed by atoms with Crippen LogP contribution in [0.15, 0.2) is 12.2 Å². The highest BCUT2D eigenvalue weighted by molar-refractivity contribution is 5.79. The maximum absolute atomic E-state index is 10.1. The maximum Gasteiger partial charge on any atom is 0.327 e. The fourth-order valence-corrected chi connectivity index (χ4v) is 1.30.